The SMILES string of the molecule is CCCC1(O)CN(c2ccn3nccc3n2)C1. The number of hydrogen-bond donors (Lipinski definition) is 1. The van der Waals surface area contributed by atoms with Gasteiger partial charge in [0.05, 0.1) is 11.8 Å². The Morgan fingerprint density at radius 1 is 1.41 bits per heavy atom. The second-order valence-electron chi connectivity index (χ2n) is 4.75. The highest BCUT2D eigenvalue weighted by molar-refractivity contribution is 5.50. The van der Waals surface area contributed by atoms with Crippen molar-refractivity contribution in [1.82, 2.24) is 14.6 Å². The van der Waals surface area contributed by atoms with Gasteiger partial charge < -0.3 is 10.0 Å². The van der Waals surface area contributed by atoms with Gasteiger partial charge in [0.15, 0.2) is 5.65 Å². The fraction of sp³-hybridized carbons (Fsp3) is 0.500. The van der Waals surface area contributed by atoms with Gasteiger partial charge in [-0.2, -0.15) is 5.10 Å². The summed E-state index contributed by atoms with van der Waals surface area (Å²) >= 11 is 0. The van der Waals surface area contributed by atoms with Gasteiger partial charge in [-0.05, 0) is 12.5 Å². The van der Waals surface area contributed by atoms with E-state index in [-0.39, 0.29) is 0 Å². The van der Waals surface area contributed by atoms with E-state index in [9.17, 15) is 5.11 Å². The Labute approximate surface area is 99.7 Å². The highest BCUT2D eigenvalue weighted by Crippen LogP contribution is 2.29. The molecule has 1 N–H and O–H groups in total. The summed E-state index contributed by atoms with van der Waals surface area (Å²) in [6.45, 7) is 3.45. The molecule has 1 saturated heterocycles. The molecule has 5 nitrogen and oxygen atoms in total. The van der Waals surface area contributed by atoms with E-state index in [0.717, 1.165) is 24.3 Å². The van der Waals surface area contributed by atoms with Gasteiger partial charge in [0.2, 0.25) is 0 Å². The maximum Gasteiger partial charge on any atom is 0.157 e. The number of aliphatic hydroxyl groups is 1. The van der Waals surface area contributed by atoms with E-state index in [4.69, 9.17) is 0 Å². The smallest absolute Gasteiger partial charge is 0.157 e. The summed E-state index contributed by atoms with van der Waals surface area (Å²) in [6, 6.07) is 3.81. The van der Waals surface area contributed by atoms with Gasteiger partial charge >= 0.3 is 0 Å². The lowest BCUT2D eigenvalue weighted by Crippen LogP contribution is -2.62. The average molecular weight is 232 g/mol. The van der Waals surface area contributed by atoms with Gasteiger partial charge in [0, 0.05) is 25.4 Å². The molecular weight excluding hydrogens is 216 g/mol. The van der Waals surface area contributed by atoms with Gasteiger partial charge in [-0.15, -0.1) is 0 Å². The second-order valence-corrected chi connectivity index (χ2v) is 4.75. The molecular formula is C12H16N4O. The second kappa shape index (κ2) is 3.70. The topological polar surface area (TPSA) is 53.7 Å². The average Bonchev–Trinajstić information content (AvgIpc) is 2.72. The predicted octanol–water partition coefficient (Wildman–Crippen LogP) is 1.08. The van der Waals surface area contributed by atoms with Crippen LogP contribution in [0.15, 0.2) is 24.5 Å². The number of hydrogen-bond acceptors (Lipinski definition) is 4. The van der Waals surface area contributed by atoms with Crippen LogP contribution in [0.2, 0.25) is 0 Å². The first-order valence-electron chi connectivity index (χ1n) is 5.98. The monoisotopic (exact) mass is 232 g/mol. The van der Waals surface area contributed by atoms with E-state index in [0.29, 0.717) is 13.1 Å². The van der Waals surface area contributed by atoms with Gasteiger partial charge in [-0.3, -0.25) is 0 Å². The van der Waals surface area contributed by atoms with Crippen molar-refractivity contribution in [2.45, 2.75) is 25.4 Å². The predicted molar refractivity (Wildman–Crippen MR) is 65.1 cm³/mol. The molecule has 0 saturated carbocycles. The highest BCUT2D eigenvalue weighted by atomic mass is 16.3. The molecule has 2 aromatic rings. The maximum atomic E-state index is 10.1. The van der Waals surface area contributed by atoms with Crippen LogP contribution in [0.25, 0.3) is 5.65 Å². The zero-order valence-corrected chi connectivity index (χ0v) is 9.87. The lowest BCUT2D eigenvalue weighted by atomic mass is 9.89. The first-order chi connectivity index (χ1) is 8.20. The van der Waals surface area contributed by atoms with E-state index < -0.39 is 5.60 Å². The van der Waals surface area contributed by atoms with Crippen molar-refractivity contribution in [3.8, 4) is 0 Å². The summed E-state index contributed by atoms with van der Waals surface area (Å²) in [5, 5.41) is 14.2. The molecule has 0 bridgehead atoms. The molecule has 2 aromatic heterocycles. The third-order valence-electron chi connectivity index (χ3n) is 3.25. The first-order valence-corrected chi connectivity index (χ1v) is 5.98. The van der Waals surface area contributed by atoms with E-state index in [1.165, 1.54) is 0 Å². The molecule has 1 aliphatic rings. The number of nitrogens with zero attached hydrogens (tertiary/aromatic N) is 4. The first kappa shape index (κ1) is 10.5. The van der Waals surface area contributed by atoms with Crippen LogP contribution in [0.1, 0.15) is 19.8 Å². The molecule has 0 aromatic carbocycles. The van der Waals surface area contributed by atoms with E-state index >= 15 is 0 Å². The van der Waals surface area contributed by atoms with Gasteiger partial charge in [-0.25, -0.2) is 9.50 Å². The van der Waals surface area contributed by atoms with Crippen molar-refractivity contribution in [1.29, 1.82) is 0 Å². The molecule has 5 heteroatoms. The van der Waals surface area contributed by atoms with Crippen molar-refractivity contribution in [3.05, 3.63) is 24.5 Å². The Bertz CT molecular complexity index is 530. The summed E-state index contributed by atoms with van der Waals surface area (Å²) in [5.41, 5.74) is 0.330. The Morgan fingerprint density at radius 2 is 2.24 bits per heavy atom. The molecule has 0 unspecified atom stereocenters. The molecule has 90 valence electrons. The van der Waals surface area contributed by atoms with Crippen LogP contribution < -0.4 is 4.90 Å². The fourth-order valence-corrected chi connectivity index (χ4v) is 2.43. The normalized spacial score (nSPS) is 18.4. The van der Waals surface area contributed by atoms with Crippen LogP contribution in [-0.4, -0.2) is 38.4 Å². The van der Waals surface area contributed by atoms with Crippen LogP contribution >= 0.6 is 0 Å². The lowest BCUT2D eigenvalue weighted by molar-refractivity contribution is 0.00296. The summed E-state index contributed by atoms with van der Waals surface area (Å²) < 4.78 is 1.74. The van der Waals surface area contributed by atoms with E-state index in [1.807, 2.05) is 18.3 Å². The Hall–Kier alpha value is -1.62. The molecule has 0 aliphatic carbocycles. The van der Waals surface area contributed by atoms with Crippen molar-refractivity contribution >= 4 is 11.5 Å². The summed E-state index contributed by atoms with van der Waals surface area (Å²) in [4.78, 5) is 6.60. The minimum atomic E-state index is -0.511. The Balaban J connectivity index is 1.78. The minimum Gasteiger partial charge on any atom is -0.386 e. The van der Waals surface area contributed by atoms with E-state index in [2.05, 4.69) is 21.9 Å². The number of fused-ring (bicyclic) bond motifs is 1. The summed E-state index contributed by atoms with van der Waals surface area (Å²) in [6.07, 6.45) is 5.50. The molecule has 1 fully saturated rings. The standard InChI is InChI=1S/C12H16N4O/c1-2-5-12(17)8-15(9-12)10-4-7-16-11(14-10)3-6-13-16/h3-4,6-7,17H,2,5,8-9H2,1H3. The van der Waals surface area contributed by atoms with Crippen LogP contribution in [-0.2, 0) is 0 Å². The Morgan fingerprint density at radius 3 is 3.00 bits per heavy atom. The number of aromatic nitrogens is 3. The molecule has 0 spiro atoms. The molecule has 0 atom stereocenters. The maximum absolute atomic E-state index is 10.1. The van der Waals surface area contributed by atoms with Crippen LogP contribution in [0.5, 0.6) is 0 Å². The number of β-amino-alcohol motifs (C(OH)–C–C–N with tert-alkyl or cyclic N) is 1. The molecule has 17 heavy (non-hydrogen) atoms. The quantitative estimate of drug-likeness (QED) is 0.860. The summed E-state index contributed by atoms with van der Waals surface area (Å²) in [7, 11) is 0. The van der Waals surface area contributed by atoms with Crippen molar-refractivity contribution in [2.24, 2.45) is 0 Å². The van der Waals surface area contributed by atoms with Crippen molar-refractivity contribution in [2.75, 3.05) is 18.0 Å². The zero-order valence-electron chi connectivity index (χ0n) is 9.87. The van der Waals surface area contributed by atoms with E-state index in [1.54, 1.807) is 10.7 Å². The summed E-state index contributed by atoms with van der Waals surface area (Å²) in [5.74, 6) is 0.916. The largest absolute Gasteiger partial charge is 0.386 e. The fourth-order valence-electron chi connectivity index (χ4n) is 2.43. The third kappa shape index (κ3) is 1.76. The zero-order chi connectivity index (χ0) is 11.9. The third-order valence-corrected chi connectivity index (χ3v) is 3.25. The van der Waals surface area contributed by atoms with Crippen LogP contribution in [0.3, 0.4) is 0 Å². The minimum absolute atomic E-state index is 0.511. The molecule has 0 amide bonds. The van der Waals surface area contributed by atoms with Gasteiger partial charge in [-0.1, -0.05) is 13.3 Å². The lowest BCUT2D eigenvalue weighted by Gasteiger charge is -2.47. The Kier molecular flexibility index (Phi) is 2.29. The van der Waals surface area contributed by atoms with Gasteiger partial charge in [0.25, 0.3) is 0 Å². The highest BCUT2D eigenvalue weighted by Gasteiger charge is 2.40. The molecule has 3 rings (SSSR count). The van der Waals surface area contributed by atoms with Gasteiger partial charge in [0.1, 0.15) is 5.82 Å². The molecule has 3 heterocycles. The van der Waals surface area contributed by atoms with Crippen molar-refractivity contribution in [3.63, 3.8) is 0 Å². The molecule has 0 radical (unpaired) electrons. The molecule has 1 aliphatic heterocycles. The number of rotatable bonds is 3. The van der Waals surface area contributed by atoms with Crippen LogP contribution in [0, 0.1) is 0 Å². The van der Waals surface area contributed by atoms with Crippen molar-refractivity contribution < 1.29 is 5.11 Å². The number of anilines is 1. The van der Waals surface area contributed by atoms with Crippen LogP contribution in [0.4, 0.5) is 5.82 Å².